The highest BCUT2D eigenvalue weighted by atomic mass is 32.1. The molecule has 2 heterocycles. The molecule has 0 N–H and O–H groups in total. The smallest absolute Gasteiger partial charge is 0.271 e. The number of benzene rings is 1. The van der Waals surface area contributed by atoms with Crippen LogP contribution >= 0.6 is 22.7 Å². The fraction of sp³-hybridized carbons (Fsp3) is 0.143. The number of aromatic nitrogens is 1. The van der Waals surface area contributed by atoms with E-state index in [4.69, 9.17) is 0 Å². The van der Waals surface area contributed by atoms with E-state index in [2.05, 4.69) is 4.99 Å². The first-order valence-electron chi connectivity index (χ1n) is 6.38. The SMILES string of the molecule is Cn1c(=NC(=O)Cc2cccs2)sc2ccc([N+](=O)[O-])cc21. The lowest BCUT2D eigenvalue weighted by atomic mass is 10.3. The first-order valence-corrected chi connectivity index (χ1v) is 8.08. The molecule has 0 atom stereocenters. The Bertz CT molecular complexity index is 923. The van der Waals surface area contributed by atoms with Crippen LogP contribution in [0.25, 0.3) is 10.2 Å². The average Bonchev–Trinajstić information content (AvgIpc) is 3.08. The van der Waals surface area contributed by atoms with Crippen LogP contribution in [0.15, 0.2) is 40.7 Å². The van der Waals surface area contributed by atoms with E-state index in [0.29, 0.717) is 10.3 Å². The van der Waals surface area contributed by atoms with Gasteiger partial charge in [-0.15, -0.1) is 11.3 Å². The van der Waals surface area contributed by atoms with Gasteiger partial charge in [0.05, 0.1) is 21.6 Å². The standard InChI is InChI=1S/C14H11N3O3S2/c1-16-11-7-9(17(19)20)4-5-12(11)22-14(16)15-13(18)8-10-3-2-6-21-10/h2-7H,8H2,1H3. The molecule has 0 unspecified atom stereocenters. The molecule has 0 saturated heterocycles. The van der Waals surface area contributed by atoms with Crippen molar-refractivity contribution in [2.45, 2.75) is 6.42 Å². The highest BCUT2D eigenvalue weighted by Gasteiger charge is 2.11. The van der Waals surface area contributed by atoms with E-state index in [9.17, 15) is 14.9 Å². The summed E-state index contributed by atoms with van der Waals surface area (Å²) in [6, 6.07) is 8.42. The van der Waals surface area contributed by atoms with Crippen LogP contribution in [-0.4, -0.2) is 15.4 Å². The molecule has 3 aromatic rings. The van der Waals surface area contributed by atoms with E-state index < -0.39 is 4.92 Å². The van der Waals surface area contributed by atoms with Gasteiger partial charge in [0.25, 0.3) is 11.6 Å². The van der Waals surface area contributed by atoms with Crippen molar-refractivity contribution in [1.29, 1.82) is 0 Å². The molecule has 0 radical (unpaired) electrons. The molecule has 0 spiro atoms. The van der Waals surface area contributed by atoms with Gasteiger partial charge in [-0.1, -0.05) is 17.4 Å². The van der Waals surface area contributed by atoms with Crippen LogP contribution < -0.4 is 4.80 Å². The molecule has 22 heavy (non-hydrogen) atoms. The summed E-state index contributed by atoms with van der Waals surface area (Å²) in [4.78, 5) is 28.0. The first kappa shape index (κ1) is 14.6. The maximum atomic E-state index is 12.0. The minimum atomic E-state index is -0.435. The molecule has 2 aromatic heterocycles. The number of hydrogen-bond donors (Lipinski definition) is 0. The lowest BCUT2D eigenvalue weighted by molar-refractivity contribution is -0.384. The molecule has 3 rings (SSSR count). The Balaban J connectivity index is 2.00. The van der Waals surface area contributed by atoms with Gasteiger partial charge in [0.1, 0.15) is 0 Å². The van der Waals surface area contributed by atoms with Gasteiger partial charge in [0.15, 0.2) is 4.80 Å². The number of thiophene rings is 1. The number of carbonyl (C=O) groups is 1. The Morgan fingerprint density at radius 2 is 2.23 bits per heavy atom. The van der Waals surface area contributed by atoms with Gasteiger partial charge in [0, 0.05) is 24.1 Å². The average molecular weight is 333 g/mol. The van der Waals surface area contributed by atoms with Crippen molar-refractivity contribution in [3.05, 3.63) is 55.5 Å². The van der Waals surface area contributed by atoms with Crippen LogP contribution in [0.4, 0.5) is 5.69 Å². The maximum absolute atomic E-state index is 12.0. The van der Waals surface area contributed by atoms with Gasteiger partial charge in [-0.05, 0) is 17.5 Å². The predicted molar refractivity (Wildman–Crippen MR) is 86.0 cm³/mol. The Morgan fingerprint density at radius 3 is 2.91 bits per heavy atom. The summed E-state index contributed by atoms with van der Waals surface area (Å²) in [5, 5.41) is 12.8. The zero-order chi connectivity index (χ0) is 15.7. The summed E-state index contributed by atoms with van der Waals surface area (Å²) in [6.07, 6.45) is 0.270. The van der Waals surface area contributed by atoms with E-state index in [0.717, 1.165) is 9.58 Å². The number of hydrogen-bond acceptors (Lipinski definition) is 5. The fourth-order valence-corrected chi connectivity index (χ4v) is 3.76. The van der Waals surface area contributed by atoms with Gasteiger partial charge >= 0.3 is 0 Å². The minimum absolute atomic E-state index is 0.0253. The maximum Gasteiger partial charge on any atom is 0.271 e. The minimum Gasteiger partial charge on any atom is -0.319 e. The third-order valence-electron chi connectivity index (χ3n) is 3.13. The Morgan fingerprint density at radius 1 is 1.41 bits per heavy atom. The van der Waals surface area contributed by atoms with Crippen LogP contribution in [0, 0.1) is 10.1 Å². The summed E-state index contributed by atoms with van der Waals surface area (Å²) in [5.41, 5.74) is 0.722. The topological polar surface area (TPSA) is 77.5 Å². The molecule has 6 nitrogen and oxygen atoms in total. The van der Waals surface area contributed by atoms with Crippen LogP contribution in [0.1, 0.15) is 4.88 Å². The molecule has 0 aliphatic heterocycles. The zero-order valence-electron chi connectivity index (χ0n) is 11.6. The van der Waals surface area contributed by atoms with Crippen molar-refractivity contribution in [2.75, 3.05) is 0 Å². The number of carbonyl (C=O) groups excluding carboxylic acids is 1. The summed E-state index contributed by atoms with van der Waals surface area (Å²) in [7, 11) is 1.75. The third kappa shape index (κ3) is 2.83. The van der Waals surface area contributed by atoms with Crippen LogP contribution in [0.2, 0.25) is 0 Å². The number of aryl methyl sites for hydroxylation is 1. The molecular weight excluding hydrogens is 322 g/mol. The number of rotatable bonds is 3. The number of nitrogens with zero attached hydrogens (tertiary/aromatic N) is 3. The van der Waals surface area contributed by atoms with Crippen molar-refractivity contribution in [2.24, 2.45) is 12.0 Å². The number of thiazole rings is 1. The largest absolute Gasteiger partial charge is 0.319 e. The molecule has 0 bridgehead atoms. The normalized spacial score (nSPS) is 12.0. The van der Waals surface area contributed by atoms with Gasteiger partial charge in [0.2, 0.25) is 0 Å². The van der Waals surface area contributed by atoms with Crippen LogP contribution in [0.5, 0.6) is 0 Å². The highest BCUT2D eigenvalue weighted by Crippen LogP contribution is 2.22. The molecule has 1 amide bonds. The Labute approximate surface area is 133 Å². The molecule has 1 aromatic carbocycles. The highest BCUT2D eigenvalue weighted by molar-refractivity contribution is 7.16. The number of nitro groups is 1. The number of nitro benzene ring substituents is 1. The van der Waals surface area contributed by atoms with Gasteiger partial charge in [-0.2, -0.15) is 4.99 Å². The van der Waals surface area contributed by atoms with E-state index >= 15 is 0 Å². The molecular formula is C14H11N3O3S2. The lowest BCUT2D eigenvalue weighted by Crippen LogP contribution is -2.14. The lowest BCUT2D eigenvalue weighted by Gasteiger charge is -1.95. The molecule has 8 heteroatoms. The van der Waals surface area contributed by atoms with Gasteiger partial charge in [-0.25, -0.2) is 0 Å². The summed E-state index contributed by atoms with van der Waals surface area (Å²) >= 11 is 2.86. The molecule has 0 aliphatic carbocycles. The predicted octanol–water partition coefficient (Wildman–Crippen LogP) is 2.88. The summed E-state index contributed by atoms with van der Waals surface area (Å²) in [6.45, 7) is 0. The number of fused-ring (bicyclic) bond motifs is 1. The quantitative estimate of drug-likeness (QED) is 0.546. The molecule has 0 fully saturated rings. The van der Waals surface area contributed by atoms with Gasteiger partial charge in [-0.3, -0.25) is 14.9 Å². The van der Waals surface area contributed by atoms with E-state index in [1.165, 1.54) is 34.8 Å². The van der Waals surface area contributed by atoms with Gasteiger partial charge < -0.3 is 4.57 Å². The monoisotopic (exact) mass is 333 g/mol. The molecule has 112 valence electrons. The van der Waals surface area contributed by atoms with Crippen LogP contribution in [0.3, 0.4) is 0 Å². The number of non-ortho nitro benzene ring substituents is 1. The van der Waals surface area contributed by atoms with Crippen LogP contribution in [-0.2, 0) is 18.3 Å². The second-order valence-corrected chi connectivity index (χ2v) is 6.66. The zero-order valence-corrected chi connectivity index (χ0v) is 13.2. The molecule has 0 aliphatic rings. The van der Waals surface area contributed by atoms with Crippen molar-refractivity contribution in [3.63, 3.8) is 0 Å². The van der Waals surface area contributed by atoms with E-state index in [-0.39, 0.29) is 18.0 Å². The fourth-order valence-electron chi connectivity index (χ4n) is 2.04. The van der Waals surface area contributed by atoms with Crippen molar-refractivity contribution >= 4 is 44.5 Å². The Kier molecular flexibility index (Phi) is 3.86. The Hall–Kier alpha value is -2.32. The third-order valence-corrected chi connectivity index (χ3v) is 5.12. The van der Waals surface area contributed by atoms with Crippen molar-refractivity contribution < 1.29 is 9.72 Å². The van der Waals surface area contributed by atoms with Crippen molar-refractivity contribution in [3.8, 4) is 0 Å². The number of amides is 1. The van der Waals surface area contributed by atoms with E-state index in [1.54, 1.807) is 17.7 Å². The molecule has 0 saturated carbocycles. The summed E-state index contributed by atoms with van der Waals surface area (Å²) in [5.74, 6) is -0.223. The second kappa shape index (κ2) is 5.82. The van der Waals surface area contributed by atoms with Crippen molar-refractivity contribution in [1.82, 2.24) is 4.57 Å². The first-order chi connectivity index (χ1) is 10.5. The second-order valence-electron chi connectivity index (χ2n) is 4.61. The summed E-state index contributed by atoms with van der Waals surface area (Å²) < 4.78 is 2.56. The van der Waals surface area contributed by atoms with E-state index in [1.807, 2.05) is 17.5 Å².